The van der Waals surface area contributed by atoms with Crippen molar-refractivity contribution in [1.29, 1.82) is 0 Å². The first-order valence-electron chi connectivity index (χ1n) is 9.69. The van der Waals surface area contributed by atoms with Crippen LogP contribution in [0.3, 0.4) is 0 Å². The summed E-state index contributed by atoms with van der Waals surface area (Å²) in [6, 6.07) is 7.98. The van der Waals surface area contributed by atoms with Gasteiger partial charge in [0.2, 0.25) is 5.91 Å². The van der Waals surface area contributed by atoms with E-state index < -0.39 is 5.60 Å². The summed E-state index contributed by atoms with van der Waals surface area (Å²) >= 11 is 0. The quantitative estimate of drug-likeness (QED) is 0.815. The Morgan fingerprint density at radius 2 is 1.63 bits per heavy atom. The van der Waals surface area contributed by atoms with Crippen molar-refractivity contribution in [2.75, 3.05) is 33.3 Å². The first-order chi connectivity index (χ1) is 12.8. The number of methoxy groups -OCH3 is 1. The zero-order valence-corrected chi connectivity index (χ0v) is 16.7. The van der Waals surface area contributed by atoms with Gasteiger partial charge < -0.3 is 19.3 Å². The molecule has 27 heavy (non-hydrogen) atoms. The van der Waals surface area contributed by atoms with Gasteiger partial charge in [0.15, 0.2) is 0 Å². The molecule has 1 saturated carbocycles. The van der Waals surface area contributed by atoms with Crippen LogP contribution in [0.5, 0.6) is 5.75 Å². The van der Waals surface area contributed by atoms with Crippen molar-refractivity contribution < 1.29 is 19.1 Å². The number of nitrogens with zero attached hydrogens (tertiary/aromatic N) is 2. The highest BCUT2D eigenvalue weighted by molar-refractivity contribution is 5.83. The highest BCUT2D eigenvalue weighted by atomic mass is 16.6. The number of rotatable bonds is 3. The third-order valence-corrected chi connectivity index (χ3v) is 5.11. The molecule has 6 heteroatoms. The molecule has 2 atom stereocenters. The molecule has 3 rings (SSSR count). The zero-order valence-electron chi connectivity index (χ0n) is 16.7. The molecule has 0 spiro atoms. The van der Waals surface area contributed by atoms with Gasteiger partial charge in [-0.25, -0.2) is 4.79 Å². The number of hydrogen-bond donors (Lipinski definition) is 0. The number of ether oxygens (including phenoxy) is 2. The van der Waals surface area contributed by atoms with Crippen molar-refractivity contribution in [3.63, 3.8) is 0 Å². The van der Waals surface area contributed by atoms with Crippen LogP contribution in [0, 0.1) is 5.92 Å². The van der Waals surface area contributed by atoms with Crippen LogP contribution in [0.4, 0.5) is 4.79 Å². The molecule has 0 bridgehead atoms. The standard InChI is InChI=1S/C21H30N2O4/c1-21(2,3)27-20(25)23-11-5-10-22(12-13-23)19(24)18-14-17(18)15-6-8-16(26-4)9-7-15/h6-9,17-18H,5,10-14H2,1-4H3. The zero-order chi connectivity index (χ0) is 19.6. The Morgan fingerprint density at radius 1 is 1.00 bits per heavy atom. The molecule has 148 valence electrons. The maximum atomic E-state index is 12.9. The Bertz CT molecular complexity index is 680. The van der Waals surface area contributed by atoms with Crippen LogP contribution >= 0.6 is 0 Å². The van der Waals surface area contributed by atoms with Crippen LogP contribution in [-0.2, 0) is 9.53 Å². The second-order valence-corrected chi connectivity index (χ2v) is 8.37. The molecule has 1 aromatic carbocycles. The lowest BCUT2D eigenvalue weighted by Crippen LogP contribution is -2.40. The van der Waals surface area contributed by atoms with Gasteiger partial charge >= 0.3 is 6.09 Å². The van der Waals surface area contributed by atoms with Gasteiger partial charge in [-0.3, -0.25) is 4.79 Å². The monoisotopic (exact) mass is 374 g/mol. The van der Waals surface area contributed by atoms with Crippen molar-refractivity contribution >= 4 is 12.0 Å². The predicted octanol–water partition coefficient (Wildman–Crippen LogP) is 3.27. The first kappa shape index (κ1) is 19.5. The Morgan fingerprint density at radius 3 is 2.26 bits per heavy atom. The summed E-state index contributed by atoms with van der Waals surface area (Å²) in [6.45, 7) is 8.03. The van der Waals surface area contributed by atoms with E-state index in [1.807, 2.05) is 49.9 Å². The molecule has 0 N–H and O–H groups in total. The van der Waals surface area contributed by atoms with E-state index in [1.54, 1.807) is 12.0 Å². The molecular weight excluding hydrogens is 344 g/mol. The molecule has 2 fully saturated rings. The van der Waals surface area contributed by atoms with E-state index in [4.69, 9.17) is 9.47 Å². The lowest BCUT2D eigenvalue weighted by atomic mass is 10.1. The van der Waals surface area contributed by atoms with Gasteiger partial charge in [0.25, 0.3) is 0 Å². The highest BCUT2D eigenvalue weighted by Crippen LogP contribution is 2.48. The van der Waals surface area contributed by atoms with Crippen molar-refractivity contribution in [2.45, 2.75) is 45.1 Å². The Kier molecular flexibility index (Phi) is 5.63. The fourth-order valence-corrected chi connectivity index (χ4v) is 3.57. The number of hydrogen-bond acceptors (Lipinski definition) is 4. The minimum absolute atomic E-state index is 0.0615. The van der Waals surface area contributed by atoms with Gasteiger partial charge in [-0.2, -0.15) is 0 Å². The van der Waals surface area contributed by atoms with E-state index >= 15 is 0 Å². The van der Waals surface area contributed by atoms with Crippen LogP contribution < -0.4 is 4.74 Å². The predicted molar refractivity (Wildman–Crippen MR) is 103 cm³/mol. The largest absolute Gasteiger partial charge is 0.497 e. The van der Waals surface area contributed by atoms with Gasteiger partial charge in [-0.05, 0) is 57.2 Å². The minimum Gasteiger partial charge on any atom is -0.497 e. The second kappa shape index (κ2) is 7.79. The van der Waals surface area contributed by atoms with E-state index in [0.29, 0.717) is 32.1 Å². The minimum atomic E-state index is -0.501. The molecule has 2 aliphatic rings. The van der Waals surface area contributed by atoms with Crippen molar-refractivity contribution in [3.8, 4) is 5.75 Å². The Labute approximate surface area is 161 Å². The van der Waals surface area contributed by atoms with E-state index in [1.165, 1.54) is 5.56 Å². The van der Waals surface area contributed by atoms with Crippen molar-refractivity contribution in [3.05, 3.63) is 29.8 Å². The number of carbonyl (C=O) groups excluding carboxylic acids is 2. The third kappa shape index (κ3) is 4.93. The summed E-state index contributed by atoms with van der Waals surface area (Å²) in [5.74, 6) is 1.40. The molecule has 1 aliphatic heterocycles. The van der Waals surface area contributed by atoms with Crippen molar-refractivity contribution in [2.24, 2.45) is 5.92 Å². The highest BCUT2D eigenvalue weighted by Gasteiger charge is 2.46. The van der Waals surface area contributed by atoms with Crippen LogP contribution in [0.1, 0.15) is 45.1 Å². The molecular formula is C21H30N2O4. The average Bonchev–Trinajstić information content (AvgIpc) is 3.43. The molecule has 1 saturated heterocycles. The maximum absolute atomic E-state index is 12.9. The van der Waals surface area contributed by atoms with Crippen molar-refractivity contribution in [1.82, 2.24) is 9.80 Å². The Hall–Kier alpha value is -2.24. The summed E-state index contributed by atoms with van der Waals surface area (Å²) in [6.07, 6.45) is 1.39. The maximum Gasteiger partial charge on any atom is 0.410 e. The van der Waals surface area contributed by atoms with E-state index in [0.717, 1.165) is 18.6 Å². The summed E-state index contributed by atoms with van der Waals surface area (Å²) in [4.78, 5) is 28.8. The summed E-state index contributed by atoms with van der Waals surface area (Å²) in [7, 11) is 1.65. The normalized spacial score (nSPS) is 22.8. The molecule has 0 radical (unpaired) electrons. The van der Waals surface area contributed by atoms with E-state index in [-0.39, 0.29) is 17.9 Å². The number of carbonyl (C=O) groups is 2. The number of amides is 2. The Balaban J connectivity index is 1.53. The molecule has 1 aliphatic carbocycles. The van der Waals surface area contributed by atoms with Gasteiger partial charge in [0, 0.05) is 32.1 Å². The van der Waals surface area contributed by atoms with E-state index in [2.05, 4.69) is 0 Å². The van der Waals surface area contributed by atoms with Gasteiger partial charge in [-0.15, -0.1) is 0 Å². The molecule has 0 aromatic heterocycles. The second-order valence-electron chi connectivity index (χ2n) is 8.37. The molecule has 1 aromatic rings. The SMILES string of the molecule is COc1ccc(C2CC2C(=O)N2CCCN(C(=O)OC(C)(C)C)CC2)cc1. The van der Waals surface area contributed by atoms with Crippen LogP contribution in [0.25, 0.3) is 0 Å². The van der Waals surface area contributed by atoms with E-state index in [9.17, 15) is 9.59 Å². The topological polar surface area (TPSA) is 59.1 Å². The van der Waals surface area contributed by atoms with Gasteiger partial charge in [0.05, 0.1) is 7.11 Å². The molecule has 2 unspecified atom stereocenters. The summed E-state index contributed by atoms with van der Waals surface area (Å²) in [5, 5.41) is 0. The fourth-order valence-electron chi connectivity index (χ4n) is 3.57. The van der Waals surface area contributed by atoms with Gasteiger partial charge in [-0.1, -0.05) is 12.1 Å². The smallest absolute Gasteiger partial charge is 0.410 e. The van der Waals surface area contributed by atoms with Gasteiger partial charge in [0.1, 0.15) is 11.4 Å². The first-order valence-corrected chi connectivity index (χ1v) is 9.69. The molecule has 2 amide bonds. The third-order valence-electron chi connectivity index (χ3n) is 5.11. The fraction of sp³-hybridized carbons (Fsp3) is 0.619. The average molecular weight is 374 g/mol. The van der Waals surface area contributed by atoms with Crippen LogP contribution in [-0.4, -0.2) is 60.7 Å². The molecule has 6 nitrogen and oxygen atoms in total. The number of benzene rings is 1. The lowest BCUT2D eigenvalue weighted by Gasteiger charge is -2.26. The molecule has 1 heterocycles. The summed E-state index contributed by atoms with van der Waals surface area (Å²) in [5.41, 5.74) is 0.692. The van der Waals surface area contributed by atoms with Crippen LogP contribution in [0.15, 0.2) is 24.3 Å². The lowest BCUT2D eigenvalue weighted by molar-refractivity contribution is -0.132. The summed E-state index contributed by atoms with van der Waals surface area (Å²) < 4.78 is 10.6. The van der Waals surface area contributed by atoms with Crippen LogP contribution in [0.2, 0.25) is 0 Å².